The Balaban J connectivity index is 1.69. The summed E-state index contributed by atoms with van der Waals surface area (Å²) in [5.41, 5.74) is 17.1. The molecule has 5 aromatic carbocycles. The summed E-state index contributed by atoms with van der Waals surface area (Å²) in [4.78, 5) is 0. The normalized spacial score (nSPS) is 15.0. The quantitative estimate of drug-likeness (QED) is 0.194. The van der Waals surface area contributed by atoms with Gasteiger partial charge in [0.25, 0.3) is 0 Å². The smallest absolute Gasteiger partial charge is 0.0288 e. The first kappa shape index (κ1) is 29.3. The molecule has 0 aliphatic heterocycles. The molecule has 2 aliphatic carbocycles. The molecule has 0 amide bonds. The van der Waals surface area contributed by atoms with E-state index in [0.717, 1.165) is 0 Å². The van der Waals surface area contributed by atoms with Crippen LogP contribution in [0.15, 0.2) is 103 Å². The van der Waals surface area contributed by atoms with Gasteiger partial charge < -0.3 is 0 Å². The molecular formula is C45H43. The molecule has 0 spiro atoms. The molecule has 0 aromatic heterocycles. The third-order valence-corrected chi connectivity index (χ3v) is 9.61. The number of hydrogen-bond acceptors (Lipinski definition) is 0. The molecule has 0 saturated heterocycles. The minimum atomic E-state index is -0.128. The second-order valence-electron chi connectivity index (χ2n) is 15.0. The second-order valence-corrected chi connectivity index (χ2v) is 15.0. The monoisotopic (exact) mass is 583 g/mol. The Morgan fingerprint density at radius 3 is 1.91 bits per heavy atom. The van der Waals surface area contributed by atoms with Crippen molar-refractivity contribution >= 4 is 17.7 Å². The van der Waals surface area contributed by atoms with Crippen LogP contribution >= 0.6 is 0 Å². The lowest BCUT2D eigenvalue weighted by Crippen LogP contribution is -2.34. The van der Waals surface area contributed by atoms with Crippen LogP contribution in [0.2, 0.25) is 0 Å². The molecule has 45 heavy (non-hydrogen) atoms. The van der Waals surface area contributed by atoms with Gasteiger partial charge in [0.2, 0.25) is 0 Å². The standard InChI is InChI=1S/C45H43/c1-28-23-29(2)34-21-22-36(37(34)24-28)42-39-26-32-25-33(44(3,4)5)19-20-35(32)38(39)27-40(43(42)45(6,7)8)41(30-15-11-9-12-16-30)31-17-13-10-14-18-31/h9-25,27,36H,1-8H3. The summed E-state index contributed by atoms with van der Waals surface area (Å²) in [7, 11) is 0. The Hall–Kier alpha value is -4.42. The highest BCUT2D eigenvalue weighted by Gasteiger charge is 2.33. The van der Waals surface area contributed by atoms with Crippen molar-refractivity contribution in [3.63, 3.8) is 0 Å². The zero-order chi connectivity index (χ0) is 31.7. The van der Waals surface area contributed by atoms with Gasteiger partial charge in [0.1, 0.15) is 0 Å². The third-order valence-electron chi connectivity index (χ3n) is 9.61. The van der Waals surface area contributed by atoms with E-state index in [1.807, 2.05) is 0 Å². The number of fused-ring (bicyclic) bond motifs is 4. The minimum Gasteiger partial charge on any atom is -0.0720 e. The van der Waals surface area contributed by atoms with Gasteiger partial charge in [-0.05, 0) is 120 Å². The van der Waals surface area contributed by atoms with Crippen molar-refractivity contribution in [2.45, 2.75) is 72.1 Å². The lowest BCUT2D eigenvalue weighted by atomic mass is 9.74. The summed E-state index contributed by atoms with van der Waals surface area (Å²) in [6, 6.07) is 36.2. The van der Waals surface area contributed by atoms with Crippen LogP contribution in [0.3, 0.4) is 0 Å². The first-order valence-electron chi connectivity index (χ1n) is 16.3. The molecule has 5 aromatic rings. The Morgan fingerprint density at radius 1 is 0.667 bits per heavy atom. The van der Waals surface area contributed by atoms with Crippen LogP contribution in [0.1, 0.15) is 103 Å². The first-order chi connectivity index (χ1) is 21.4. The van der Waals surface area contributed by atoms with Crippen molar-refractivity contribution < 1.29 is 0 Å². The van der Waals surface area contributed by atoms with Crippen molar-refractivity contribution in [1.82, 2.24) is 0 Å². The van der Waals surface area contributed by atoms with Crippen LogP contribution in [0, 0.1) is 13.8 Å². The number of allylic oxidation sites excluding steroid dienone is 1. The molecule has 0 fully saturated rings. The summed E-state index contributed by atoms with van der Waals surface area (Å²) in [5.74, 6) is 0.151. The van der Waals surface area contributed by atoms with E-state index < -0.39 is 0 Å². The molecule has 0 heteroatoms. The summed E-state index contributed by atoms with van der Waals surface area (Å²) >= 11 is 0. The molecule has 0 saturated carbocycles. The molecule has 1 unspecified atom stereocenters. The number of benzene rings is 5. The molecule has 0 N–H and O–H groups in total. The first-order valence-corrected chi connectivity index (χ1v) is 16.3. The van der Waals surface area contributed by atoms with Gasteiger partial charge in [-0.15, -0.1) is 0 Å². The molecule has 0 bridgehead atoms. The van der Waals surface area contributed by atoms with Gasteiger partial charge in [-0.3, -0.25) is 0 Å². The van der Waals surface area contributed by atoms with Crippen molar-refractivity contribution in [1.29, 1.82) is 0 Å². The summed E-state index contributed by atoms with van der Waals surface area (Å²) < 4.78 is 0. The number of hydrogen-bond donors (Lipinski definition) is 0. The van der Waals surface area contributed by atoms with E-state index in [2.05, 4.69) is 171 Å². The molecule has 0 nitrogen and oxygen atoms in total. The zero-order valence-electron chi connectivity index (χ0n) is 28.0. The van der Waals surface area contributed by atoms with Gasteiger partial charge in [-0.1, -0.05) is 144 Å². The fraction of sp³-hybridized carbons (Fsp3) is 0.244. The Bertz CT molecular complexity index is 2070. The maximum atomic E-state index is 4.01. The Kier molecular flexibility index (Phi) is 6.90. The average Bonchev–Trinajstić information content (AvgIpc) is 3.58. The SMILES string of the molecule is Cc1cc(C)c2c(c1)C(c1c(C(C)(C)C)c(=C(c3ccccc3)c3ccccc3)cc3c1=[C]c1cc(C(C)(C)C)ccc1-3)C=C2. The maximum absolute atomic E-state index is 4.01. The Labute approximate surface area is 269 Å². The van der Waals surface area contributed by atoms with Crippen LogP contribution in [0.25, 0.3) is 28.9 Å². The number of rotatable bonds is 3. The van der Waals surface area contributed by atoms with E-state index in [1.165, 1.54) is 82.8 Å². The molecular weight excluding hydrogens is 540 g/mol. The van der Waals surface area contributed by atoms with Crippen LogP contribution in [0.5, 0.6) is 0 Å². The van der Waals surface area contributed by atoms with E-state index in [9.17, 15) is 0 Å². The minimum absolute atomic E-state index is 0.0692. The highest BCUT2D eigenvalue weighted by atomic mass is 14.4. The van der Waals surface area contributed by atoms with Crippen LogP contribution in [-0.2, 0) is 10.8 Å². The van der Waals surface area contributed by atoms with E-state index >= 15 is 0 Å². The van der Waals surface area contributed by atoms with Crippen molar-refractivity contribution in [3.05, 3.63) is 169 Å². The molecule has 1 atom stereocenters. The molecule has 7 rings (SSSR count). The lowest BCUT2D eigenvalue weighted by molar-refractivity contribution is 0.576. The number of aryl methyl sites for hydroxylation is 2. The van der Waals surface area contributed by atoms with E-state index in [1.54, 1.807) is 0 Å². The van der Waals surface area contributed by atoms with Crippen molar-refractivity contribution in [3.8, 4) is 11.1 Å². The summed E-state index contributed by atoms with van der Waals surface area (Å²) in [5, 5.41) is 2.57. The van der Waals surface area contributed by atoms with Gasteiger partial charge in [0.15, 0.2) is 0 Å². The summed E-state index contributed by atoms with van der Waals surface area (Å²) in [6.07, 6.45) is 8.82. The fourth-order valence-corrected chi connectivity index (χ4v) is 7.58. The third kappa shape index (κ3) is 5.01. The van der Waals surface area contributed by atoms with Crippen LogP contribution < -0.4 is 10.4 Å². The molecule has 2 aliphatic rings. The fourth-order valence-electron chi connectivity index (χ4n) is 7.58. The zero-order valence-corrected chi connectivity index (χ0v) is 28.0. The van der Waals surface area contributed by atoms with Gasteiger partial charge in [-0.2, -0.15) is 0 Å². The molecule has 223 valence electrons. The van der Waals surface area contributed by atoms with E-state index in [4.69, 9.17) is 0 Å². The Morgan fingerprint density at radius 2 is 1.31 bits per heavy atom. The average molecular weight is 584 g/mol. The maximum Gasteiger partial charge on any atom is 0.0288 e. The van der Waals surface area contributed by atoms with Gasteiger partial charge in [-0.25, -0.2) is 0 Å². The van der Waals surface area contributed by atoms with E-state index in [0.29, 0.717) is 0 Å². The largest absolute Gasteiger partial charge is 0.0720 e. The predicted octanol–water partition coefficient (Wildman–Crippen LogP) is 9.99. The topological polar surface area (TPSA) is 0 Å². The highest BCUT2D eigenvalue weighted by molar-refractivity contribution is 5.88. The van der Waals surface area contributed by atoms with Gasteiger partial charge in [0.05, 0.1) is 0 Å². The second kappa shape index (κ2) is 10.6. The molecule has 0 heterocycles. The summed E-state index contributed by atoms with van der Waals surface area (Å²) in [6.45, 7) is 18.5. The molecule has 1 radical (unpaired) electrons. The van der Waals surface area contributed by atoms with E-state index in [-0.39, 0.29) is 16.7 Å². The predicted molar refractivity (Wildman–Crippen MR) is 192 cm³/mol. The van der Waals surface area contributed by atoms with Gasteiger partial charge in [0, 0.05) is 5.92 Å². The van der Waals surface area contributed by atoms with Crippen LogP contribution in [0.4, 0.5) is 0 Å². The lowest BCUT2D eigenvalue weighted by Gasteiger charge is -2.29. The highest BCUT2D eigenvalue weighted by Crippen LogP contribution is 2.42. The van der Waals surface area contributed by atoms with Gasteiger partial charge >= 0.3 is 0 Å². The van der Waals surface area contributed by atoms with Crippen molar-refractivity contribution in [2.75, 3.05) is 0 Å². The van der Waals surface area contributed by atoms with Crippen molar-refractivity contribution in [2.24, 2.45) is 0 Å². The van der Waals surface area contributed by atoms with Crippen LogP contribution in [-0.4, -0.2) is 0 Å².